The van der Waals surface area contributed by atoms with Crippen molar-refractivity contribution >= 4 is 17.2 Å². The summed E-state index contributed by atoms with van der Waals surface area (Å²) in [4.78, 5) is 16.3. The molecule has 0 spiro atoms. The topological polar surface area (TPSA) is 51.2 Å². The van der Waals surface area contributed by atoms with Crippen molar-refractivity contribution in [3.63, 3.8) is 0 Å². The van der Waals surface area contributed by atoms with E-state index >= 15 is 0 Å². The molecule has 112 valence electrons. The van der Waals surface area contributed by atoms with E-state index in [1.807, 2.05) is 43.5 Å². The number of carbonyl (C=O) groups excluding carboxylic acids is 1. The molecule has 0 aliphatic carbocycles. The zero-order chi connectivity index (χ0) is 15.2. The minimum Gasteiger partial charge on any atom is -0.497 e. The van der Waals surface area contributed by atoms with Crippen molar-refractivity contribution in [1.29, 1.82) is 0 Å². The molecule has 0 radical (unpaired) electrons. The maximum Gasteiger partial charge on any atom is 0.223 e. The Morgan fingerprint density at radius 3 is 2.71 bits per heavy atom. The van der Waals surface area contributed by atoms with Crippen LogP contribution in [0.3, 0.4) is 0 Å². The number of carbonyl (C=O) groups is 1. The van der Waals surface area contributed by atoms with Gasteiger partial charge in [0.1, 0.15) is 10.8 Å². The lowest BCUT2D eigenvalue weighted by Gasteiger charge is -2.08. The second-order valence-corrected chi connectivity index (χ2v) is 5.82. The Morgan fingerprint density at radius 2 is 2.10 bits per heavy atom. The molecular formula is C16H20N2O2S. The van der Waals surface area contributed by atoms with Crippen molar-refractivity contribution in [2.24, 2.45) is 5.92 Å². The first kappa shape index (κ1) is 15.5. The number of thiazole rings is 1. The van der Waals surface area contributed by atoms with Gasteiger partial charge in [-0.1, -0.05) is 13.8 Å². The Bertz CT molecular complexity index is 593. The number of benzene rings is 1. The lowest BCUT2D eigenvalue weighted by atomic mass is 10.1. The maximum atomic E-state index is 11.7. The average Bonchev–Trinajstić information content (AvgIpc) is 3.00. The van der Waals surface area contributed by atoms with Crippen molar-refractivity contribution in [3.05, 3.63) is 34.7 Å². The summed E-state index contributed by atoms with van der Waals surface area (Å²) in [5.74, 6) is 0.958. The highest BCUT2D eigenvalue weighted by atomic mass is 32.1. The second kappa shape index (κ2) is 7.22. The van der Waals surface area contributed by atoms with Gasteiger partial charge in [-0.05, 0) is 30.7 Å². The number of rotatable bonds is 6. The van der Waals surface area contributed by atoms with Gasteiger partial charge in [0.25, 0.3) is 0 Å². The molecule has 1 atom stereocenters. The van der Waals surface area contributed by atoms with E-state index in [0.29, 0.717) is 6.54 Å². The number of hydrogen-bond donors (Lipinski definition) is 1. The summed E-state index contributed by atoms with van der Waals surface area (Å²) in [7, 11) is 1.65. The Balaban J connectivity index is 1.99. The number of hydrogen-bond acceptors (Lipinski definition) is 4. The lowest BCUT2D eigenvalue weighted by Crippen LogP contribution is -2.28. The molecule has 2 aromatic rings. The van der Waals surface area contributed by atoms with Gasteiger partial charge in [0, 0.05) is 16.9 Å². The normalized spacial score (nSPS) is 12.0. The van der Waals surface area contributed by atoms with Crippen LogP contribution in [0.2, 0.25) is 0 Å². The number of nitrogens with zero attached hydrogens (tertiary/aromatic N) is 1. The van der Waals surface area contributed by atoms with E-state index in [2.05, 4.69) is 10.3 Å². The largest absolute Gasteiger partial charge is 0.497 e. The molecular weight excluding hydrogens is 284 g/mol. The fraction of sp³-hybridized carbons (Fsp3) is 0.375. The molecule has 2 rings (SSSR count). The van der Waals surface area contributed by atoms with Gasteiger partial charge >= 0.3 is 0 Å². The smallest absolute Gasteiger partial charge is 0.223 e. The standard InChI is InChI=1S/C16H20N2O2S/c1-4-11(2)16(19)17-9-15-18-14(10-21-15)12-5-7-13(20-3)8-6-12/h5-8,10-11H,4,9H2,1-3H3,(H,17,19)/t11-/m1/s1. The van der Waals surface area contributed by atoms with Gasteiger partial charge < -0.3 is 10.1 Å². The zero-order valence-corrected chi connectivity index (χ0v) is 13.4. The van der Waals surface area contributed by atoms with Gasteiger partial charge in [-0.15, -0.1) is 11.3 Å². The first-order valence-electron chi connectivity index (χ1n) is 7.00. The van der Waals surface area contributed by atoms with Crippen LogP contribution in [-0.4, -0.2) is 18.0 Å². The van der Waals surface area contributed by atoms with Gasteiger partial charge in [0.15, 0.2) is 0 Å². The summed E-state index contributed by atoms with van der Waals surface area (Å²) in [6.07, 6.45) is 0.848. The molecule has 0 aliphatic rings. The first-order chi connectivity index (χ1) is 10.1. The number of ether oxygens (including phenoxy) is 1. The maximum absolute atomic E-state index is 11.7. The summed E-state index contributed by atoms with van der Waals surface area (Å²) in [5, 5.41) is 5.84. The zero-order valence-electron chi connectivity index (χ0n) is 12.6. The number of methoxy groups -OCH3 is 1. The molecule has 0 aliphatic heterocycles. The molecule has 0 saturated heterocycles. The molecule has 21 heavy (non-hydrogen) atoms. The van der Waals surface area contributed by atoms with E-state index in [9.17, 15) is 4.79 Å². The molecule has 0 saturated carbocycles. The highest BCUT2D eigenvalue weighted by Crippen LogP contribution is 2.24. The van der Waals surface area contributed by atoms with E-state index in [-0.39, 0.29) is 11.8 Å². The van der Waals surface area contributed by atoms with Gasteiger partial charge in [-0.25, -0.2) is 4.98 Å². The van der Waals surface area contributed by atoms with E-state index in [1.165, 1.54) is 0 Å². The lowest BCUT2D eigenvalue weighted by molar-refractivity contribution is -0.124. The SMILES string of the molecule is CC[C@@H](C)C(=O)NCc1nc(-c2ccc(OC)cc2)cs1. The first-order valence-corrected chi connectivity index (χ1v) is 7.88. The molecule has 1 aromatic carbocycles. The van der Waals surface area contributed by atoms with Crippen molar-refractivity contribution < 1.29 is 9.53 Å². The third-order valence-electron chi connectivity index (χ3n) is 3.41. The number of aromatic nitrogens is 1. The van der Waals surface area contributed by atoms with Crippen LogP contribution in [-0.2, 0) is 11.3 Å². The highest BCUT2D eigenvalue weighted by Gasteiger charge is 2.11. The third-order valence-corrected chi connectivity index (χ3v) is 4.26. The van der Waals surface area contributed by atoms with Crippen LogP contribution in [0.4, 0.5) is 0 Å². The van der Waals surface area contributed by atoms with E-state index in [1.54, 1.807) is 18.4 Å². The molecule has 0 unspecified atom stereocenters. The van der Waals surface area contributed by atoms with Crippen molar-refractivity contribution in [1.82, 2.24) is 10.3 Å². The molecule has 1 N–H and O–H groups in total. The minimum absolute atomic E-state index is 0.0472. The van der Waals surface area contributed by atoms with Crippen LogP contribution < -0.4 is 10.1 Å². The highest BCUT2D eigenvalue weighted by molar-refractivity contribution is 7.09. The van der Waals surface area contributed by atoms with Gasteiger partial charge in [-0.3, -0.25) is 4.79 Å². The van der Waals surface area contributed by atoms with Crippen LogP contribution in [0.15, 0.2) is 29.6 Å². The fourth-order valence-corrected chi connectivity index (χ4v) is 2.55. The summed E-state index contributed by atoms with van der Waals surface area (Å²) in [5.41, 5.74) is 1.97. The van der Waals surface area contributed by atoms with E-state index < -0.39 is 0 Å². The minimum atomic E-state index is 0.0472. The Hall–Kier alpha value is -1.88. The quantitative estimate of drug-likeness (QED) is 0.889. The Morgan fingerprint density at radius 1 is 1.38 bits per heavy atom. The van der Waals surface area contributed by atoms with Gasteiger partial charge in [0.05, 0.1) is 19.3 Å². The van der Waals surface area contributed by atoms with Crippen molar-refractivity contribution in [2.75, 3.05) is 7.11 Å². The van der Waals surface area contributed by atoms with Gasteiger partial charge in [-0.2, -0.15) is 0 Å². The molecule has 1 heterocycles. The summed E-state index contributed by atoms with van der Waals surface area (Å²) < 4.78 is 5.14. The molecule has 5 heteroatoms. The van der Waals surface area contributed by atoms with E-state index in [0.717, 1.165) is 28.4 Å². The average molecular weight is 304 g/mol. The Labute approximate surface area is 129 Å². The van der Waals surface area contributed by atoms with Crippen molar-refractivity contribution in [3.8, 4) is 17.0 Å². The molecule has 1 amide bonds. The molecule has 4 nitrogen and oxygen atoms in total. The van der Waals surface area contributed by atoms with Crippen molar-refractivity contribution in [2.45, 2.75) is 26.8 Å². The summed E-state index contributed by atoms with van der Waals surface area (Å²) >= 11 is 1.56. The van der Waals surface area contributed by atoms with Crippen LogP contribution in [0.25, 0.3) is 11.3 Å². The summed E-state index contributed by atoms with van der Waals surface area (Å²) in [6.45, 7) is 4.43. The molecule has 0 bridgehead atoms. The number of amides is 1. The van der Waals surface area contributed by atoms with Crippen LogP contribution in [0.5, 0.6) is 5.75 Å². The van der Waals surface area contributed by atoms with Gasteiger partial charge in [0.2, 0.25) is 5.91 Å². The number of nitrogens with one attached hydrogen (secondary N) is 1. The molecule has 0 fully saturated rings. The summed E-state index contributed by atoms with van der Waals surface area (Å²) in [6, 6.07) is 7.79. The predicted molar refractivity (Wildman–Crippen MR) is 85.4 cm³/mol. The van der Waals surface area contributed by atoms with E-state index in [4.69, 9.17) is 4.74 Å². The molecule has 1 aromatic heterocycles. The Kier molecular flexibility index (Phi) is 5.33. The predicted octanol–water partition coefficient (Wildman–Crippen LogP) is 3.48. The second-order valence-electron chi connectivity index (χ2n) is 4.88. The van der Waals surface area contributed by atoms with Crippen LogP contribution >= 0.6 is 11.3 Å². The fourth-order valence-electron chi connectivity index (χ4n) is 1.81. The third kappa shape index (κ3) is 4.04. The monoisotopic (exact) mass is 304 g/mol. The van der Waals surface area contributed by atoms with Crippen LogP contribution in [0, 0.1) is 5.92 Å². The van der Waals surface area contributed by atoms with Crippen LogP contribution in [0.1, 0.15) is 25.3 Å².